The summed E-state index contributed by atoms with van der Waals surface area (Å²) in [5.74, 6) is -0.646. The van der Waals surface area contributed by atoms with Gasteiger partial charge in [0.1, 0.15) is 5.82 Å². The van der Waals surface area contributed by atoms with Crippen molar-refractivity contribution in [3.8, 4) is 0 Å². The predicted molar refractivity (Wildman–Crippen MR) is 72.8 cm³/mol. The molecule has 0 aliphatic rings. The van der Waals surface area contributed by atoms with Gasteiger partial charge in [0.2, 0.25) is 10.0 Å². The molecule has 0 radical (unpaired) electrons. The Kier molecular flexibility index (Phi) is 3.78. The monoisotopic (exact) mass is 298 g/mol. The molecule has 108 valence electrons. The topological polar surface area (TPSA) is 90.0 Å². The van der Waals surface area contributed by atoms with Gasteiger partial charge in [0.05, 0.1) is 16.3 Å². The summed E-state index contributed by atoms with van der Waals surface area (Å²) in [6, 6.07) is 3.29. The molecule has 0 spiro atoms. The smallest absolute Gasteiger partial charge is 0.240 e. The maximum absolute atomic E-state index is 13.0. The van der Waals surface area contributed by atoms with Crippen molar-refractivity contribution in [2.45, 2.75) is 18.4 Å². The Bertz CT molecular complexity index is 740. The fraction of sp³-hybridized carbons (Fsp3) is 0.250. The van der Waals surface area contributed by atoms with E-state index in [9.17, 15) is 12.8 Å². The van der Waals surface area contributed by atoms with E-state index < -0.39 is 15.8 Å². The lowest BCUT2D eigenvalue weighted by Gasteiger charge is -2.07. The van der Waals surface area contributed by atoms with Crippen LogP contribution in [0.4, 0.5) is 10.1 Å². The van der Waals surface area contributed by atoms with Crippen LogP contribution in [-0.4, -0.2) is 18.2 Å². The summed E-state index contributed by atoms with van der Waals surface area (Å²) < 4.78 is 41.2. The summed E-state index contributed by atoms with van der Waals surface area (Å²) in [6.45, 7) is 1.90. The van der Waals surface area contributed by atoms with Gasteiger partial charge in [0.25, 0.3) is 0 Å². The number of sulfonamides is 1. The molecule has 0 aliphatic heterocycles. The first-order chi connectivity index (χ1) is 9.29. The van der Waals surface area contributed by atoms with Crippen LogP contribution < -0.4 is 10.5 Å². The highest BCUT2D eigenvalue weighted by atomic mass is 32.2. The maximum atomic E-state index is 13.0. The number of hydrogen-bond acceptors (Lipinski definition) is 4. The molecule has 0 atom stereocenters. The number of nitrogens with one attached hydrogen (secondary N) is 1. The molecular weight excluding hydrogens is 283 g/mol. The number of benzene rings is 1. The van der Waals surface area contributed by atoms with Crippen molar-refractivity contribution in [1.82, 2.24) is 14.5 Å². The minimum absolute atomic E-state index is 0.0713. The second-order valence-corrected chi connectivity index (χ2v) is 6.19. The maximum Gasteiger partial charge on any atom is 0.240 e. The molecule has 0 unspecified atom stereocenters. The molecular formula is C12H15FN4O2S. The molecule has 0 fully saturated rings. The van der Waals surface area contributed by atoms with Crippen molar-refractivity contribution < 1.29 is 12.8 Å². The number of nitrogen functional groups attached to an aromatic ring is 1. The number of nitrogens with zero attached hydrogens (tertiary/aromatic N) is 2. The van der Waals surface area contributed by atoms with Crippen LogP contribution in [0.1, 0.15) is 11.3 Å². The van der Waals surface area contributed by atoms with Crippen LogP contribution in [0.15, 0.2) is 29.3 Å². The molecule has 1 aromatic heterocycles. The van der Waals surface area contributed by atoms with Crippen molar-refractivity contribution in [3.63, 3.8) is 0 Å². The lowest BCUT2D eigenvalue weighted by Crippen LogP contribution is -2.23. The molecule has 2 aromatic rings. The predicted octanol–water partition coefficient (Wildman–Crippen LogP) is 0.928. The number of rotatable bonds is 4. The Balaban J connectivity index is 2.19. The second-order valence-electron chi connectivity index (χ2n) is 4.42. The molecule has 0 aliphatic carbocycles. The fourth-order valence-electron chi connectivity index (χ4n) is 1.77. The van der Waals surface area contributed by atoms with E-state index in [-0.39, 0.29) is 17.1 Å². The minimum atomic E-state index is -3.74. The second kappa shape index (κ2) is 5.22. The van der Waals surface area contributed by atoms with E-state index in [1.807, 2.05) is 0 Å². The third kappa shape index (κ3) is 2.97. The molecule has 3 N–H and O–H groups in total. The summed E-state index contributed by atoms with van der Waals surface area (Å²) in [4.78, 5) is -0.0713. The largest absolute Gasteiger partial charge is 0.396 e. The molecule has 0 saturated heterocycles. The Morgan fingerprint density at radius 3 is 2.70 bits per heavy atom. The molecule has 6 nitrogen and oxygen atoms in total. The third-order valence-electron chi connectivity index (χ3n) is 2.85. The summed E-state index contributed by atoms with van der Waals surface area (Å²) >= 11 is 0. The number of hydrogen-bond donors (Lipinski definition) is 2. The standard InChI is InChI=1S/C12H15FN4O2S/c1-8-9(7-17(2)16-8)6-15-20(18,19)10-3-4-11(13)12(14)5-10/h3-5,7,15H,6,14H2,1-2H3. The van der Waals surface area contributed by atoms with Crippen molar-refractivity contribution >= 4 is 15.7 Å². The van der Waals surface area contributed by atoms with E-state index in [0.29, 0.717) is 0 Å². The number of halogens is 1. The van der Waals surface area contributed by atoms with Gasteiger partial charge in [-0.25, -0.2) is 17.5 Å². The van der Waals surface area contributed by atoms with Gasteiger partial charge in [-0.1, -0.05) is 0 Å². The van der Waals surface area contributed by atoms with Gasteiger partial charge in [-0.3, -0.25) is 4.68 Å². The van der Waals surface area contributed by atoms with Crippen LogP contribution in [0.5, 0.6) is 0 Å². The van der Waals surface area contributed by atoms with E-state index in [2.05, 4.69) is 9.82 Å². The quantitative estimate of drug-likeness (QED) is 0.822. The fourth-order valence-corrected chi connectivity index (χ4v) is 2.81. The number of aromatic nitrogens is 2. The highest BCUT2D eigenvalue weighted by Gasteiger charge is 2.16. The third-order valence-corrected chi connectivity index (χ3v) is 4.24. The van der Waals surface area contributed by atoms with Crippen molar-refractivity contribution in [2.75, 3.05) is 5.73 Å². The van der Waals surface area contributed by atoms with Crippen LogP contribution in [0.3, 0.4) is 0 Å². The molecule has 0 amide bonds. The Morgan fingerprint density at radius 1 is 1.45 bits per heavy atom. The molecule has 2 rings (SSSR count). The van der Waals surface area contributed by atoms with Crippen molar-refractivity contribution in [2.24, 2.45) is 7.05 Å². The Morgan fingerprint density at radius 2 is 2.15 bits per heavy atom. The summed E-state index contributed by atoms with van der Waals surface area (Å²) in [5.41, 5.74) is 6.68. The van der Waals surface area contributed by atoms with E-state index in [4.69, 9.17) is 5.73 Å². The van der Waals surface area contributed by atoms with Crippen LogP contribution in [0.2, 0.25) is 0 Å². The zero-order valence-corrected chi connectivity index (χ0v) is 11.9. The Hall–Kier alpha value is -1.93. The number of aryl methyl sites for hydroxylation is 2. The van der Waals surface area contributed by atoms with Gasteiger partial charge in [-0.2, -0.15) is 5.10 Å². The first-order valence-corrected chi connectivity index (χ1v) is 7.32. The molecule has 1 heterocycles. The zero-order chi connectivity index (χ0) is 14.9. The Labute approximate surface area is 116 Å². The molecule has 0 saturated carbocycles. The minimum Gasteiger partial charge on any atom is -0.396 e. The van der Waals surface area contributed by atoms with Gasteiger partial charge in [0, 0.05) is 25.4 Å². The van der Waals surface area contributed by atoms with Gasteiger partial charge >= 0.3 is 0 Å². The van der Waals surface area contributed by atoms with Gasteiger partial charge < -0.3 is 5.73 Å². The van der Waals surface area contributed by atoms with E-state index >= 15 is 0 Å². The SMILES string of the molecule is Cc1nn(C)cc1CNS(=O)(=O)c1ccc(F)c(N)c1. The summed E-state index contributed by atoms with van der Waals surface area (Å²) in [5, 5.41) is 4.12. The molecule has 1 aromatic carbocycles. The zero-order valence-electron chi connectivity index (χ0n) is 11.1. The highest BCUT2D eigenvalue weighted by molar-refractivity contribution is 7.89. The van der Waals surface area contributed by atoms with Crippen molar-refractivity contribution in [3.05, 3.63) is 41.5 Å². The highest BCUT2D eigenvalue weighted by Crippen LogP contribution is 2.17. The van der Waals surface area contributed by atoms with E-state index in [1.165, 1.54) is 6.07 Å². The van der Waals surface area contributed by atoms with Crippen LogP contribution in [0.25, 0.3) is 0 Å². The first-order valence-electron chi connectivity index (χ1n) is 5.83. The van der Waals surface area contributed by atoms with Gasteiger partial charge in [0.15, 0.2) is 0 Å². The van der Waals surface area contributed by atoms with E-state index in [1.54, 1.807) is 24.9 Å². The number of anilines is 1. The van der Waals surface area contributed by atoms with Gasteiger partial charge in [-0.15, -0.1) is 0 Å². The number of nitrogens with two attached hydrogens (primary N) is 1. The van der Waals surface area contributed by atoms with Crippen LogP contribution in [0, 0.1) is 12.7 Å². The summed E-state index contributed by atoms with van der Waals surface area (Å²) in [7, 11) is -1.98. The van der Waals surface area contributed by atoms with E-state index in [0.717, 1.165) is 23.4 Å². The van der Waals surface area contributed by atoms with Gasteiger partial charge in [-0.05, 0) is 25.1 Å². The normalized spacial score (nSPS) is 11.8. The molecule has 8 heteroatoms. The average Bonchev–Trinajstić information content (AvgIpc) is 2.69. The molecule has 20 heavy (non-hydrogen) atoms. The lowest BCUT2D eigenvalue weighted by atomic mass is 10.3. The van der Waals surface area contributed by atoms with Crippen molar-refractivity contribution in [1.29, 1.82) is 0 Å². The summed E-state index contributed by atoms with van der Waals surface area (Å²) in [6.07, 6.45) is 1.73. The molecule has 0 bridgehead atoms. The lowest BCUT2D eigenvalue weighted by molar-refractivity contribution is 0.580. The van der Waals surface area contributed by atoms with Crippen LogP contribution in [-0.2, 0) is 23.6 Å². The average molecular weight is 298 g/mol. The van der Waals surface area contributed by atoms with Crippen LogP contribution >= 0.6 is 0 Å². The first kappa shape index (κ1) is 14.5.